The van der Waals surface area contributed by atoms with Crippen LogP contribution in [0.15, 0.2) is 36.1 Å². The lowest BCUT2D eigenvalue weighted by Crippen LogP contribution is -2.13. The molecule has 1 aliphatic heterocycles. The van der Waals surface area contributed by atoms with Crippen LogP contribution in [0, 0.1) is 0 Å². The van der Waals surface area contributed by atoms with Gasteiger partial charge in [-0.05, 0) is 30.0 Å². The smallest absolute Gasteiger partial charge is 0.424 e. The van der Waals surface area contributed by atoms with Gasteiger partial charge >= 0.3 is 10.0 Å². The number of hydrogen-bond acceptors (Lipinski definition) is 1. The van der Waals surface area contributed by atoms with E-state index in [1.54, 1.807) is 0 Å². The van der Waals surface area contributed by atoms with Gasteiger partial charge in [0.15, 0.2) is 0 Å². The molecule has 2 nitrogen and oxygen atoms in total. The third-order valence-corrected chi connectivity index (χ3v) is 3.43. The minimum absolute atomic E-state index is 0.0689. The second-order valence-corrected chi connectivity index (χ2v) is 5.81. The number of ketones is 1. The number of carbonyl (C=O) groups excluding carboxylic acids is 1. The molecule has 1 radical (unpaired) electrons. The zero-order valence-corrected chi connectivity index (χ0v) is 11.7. The summed E-state index contributed by atoms with van der Waals surface area (Å²) in [5.41, 5.74) is 2.62. The Morgan fingerprint density at radius 2 is 1.76 bits per heavy atom. The fourth-order valence-electron chi connectivity index (χ4n) is 1.65. The van der Waals surface area contributed by atoms with Crippen LogP contribution in [0.25, 0.3) is 0 Å². The molecule has 1 heterocycles. The van der Waals surface area contributed by atoms with Crippen molar-refractivity contribution in [1.29, 1.82) is 0 Å². The minimum atomic E-state index is 0.0689. The fraction of sp³-hybridized carbons (Fsp3) is 0.357. The van der Waals surface area contributed by atoms with Gasteiger partial charge in [0.2, 0.25) is 0 Å². The molecule has 89 valence electrons. The maximum absolute atomic E-state index is 5.51. The Hall–Kier alpha value is -1.35. The van der Waals surface area contributed by atoms with E-state index in [9.17, 15) is 0 Å². The SMILES string of the molecule is CC1=CC(c2ccc(C(C)(C)C)cc2)=[O+][Si-]O1. The molecule has 1 aliphatic rings. The van der Waals surface area contributed by atoms with Crippen molar-refractivity contribution in [2.75, 3.05) is 0 Å². The summed E-state index contributed by atoms with van der Waals surface area (Å²) < 4.78 is 10.8. The number of hydrogen-bond donors (Lipinski definition) is 0. The van der Waals surface area contributed by atoms with Gasteiger partial charge in [-0.15, -0.1) is 0 Å². The summed E-state index contributed by atoms with van der Waals surface area (Å²) in [6, 6.07) is 8.53. The van der Waals surface area contributed by atoms with Crippen molar-refractivity contribution in [3.63, 3.8) is 0 Å². The highest BCUT2D eigenvalue weighted by Crippen LogP contribution is 2.22. The summed E-state index contributed by atoms with van der Waals surface area (Å²) in [6.07, 6.45) is 1.93. The minimum Gasteiger partial charge on any atom is -0.633 e. The Bertz CT molecular complexity index is 464. The highest BCUT2D eigenvalue weighted by atomic mass is 28.2. The van der Waals surface area contributed by atoms with Gasteiger partial charge < -0.3 is 8.54 Å². The monoisotopic (exact) mass is 245 g/mol. The van der Waals surface area contributed by atoms with Crippen molar-refractivity contribution in [3.8, 4) is 0 Å². The molecule has 0 amide bonds. The van der Waals surface area contributed by atoms with E-state index < -0.39 is 0 Å². The number of allylic oxidation sites excluding steroid dienone is 2. The molecule has 3 heteroatoms. The van der Waals surface area contributed by atoms with E-state index in [1.807, 2.05) is 13.0 Å². The lowest BCUT2D eigenvalue weighted by atomic mass is 9.86. The van der Waals surface area contributed by atoms with E-state index in [-0.39, 0.29) is 15.4 Å². The van der Waals surface area contributed by atoms with Crippen molar-refractivity contribution >= 4 is 15.8 Å². The number of benzene rings is 1. The molecule has 0 saturated heterocycles. The molecule has 17 heavy (non-hydrogen) atoms. The first-order chi connectivity index (χ1) is 7.97. The van der Waals surface area contributed by atoms with Crippen LogP contribution in [0.4, 0.5) is 0 Å². The summed E-state index contributed by atoms with van der Waals surface area (Å²) in [7, 11) is 0.0689. The molecule has 0 saturated carbocycles. The molecule has 0 fully saturated rings. The Kier molecular flexibility index (Phi) is 3.20. The van der Waals surface area contributed by atoms with Gasteiger partial charge in [-0.1, -0.05) is 32.9 Å². The van der Waals surface area contributed by atoms with Gasteiger partial charge in [-0.25, -0.2) is 0 Å². The largest absolute Gasteiger partial charge is 0.633 e. The lowest BCUT2D eigenvalue weighted by molar-refractivity contribution is -0.106. The van der Waals surface area contributed by atoms with Crippen molar-refractivity contribution in [1.82, 2.24) is 0 Å². The highest BCUT2D eigenvalue weighted by Gasteiger charge is 2.16. The Morgan fingerprint density at radius 3 is 2.29 bits per heavy atom. The molecule has 1 aromatic rings. The summed E-state index contributed by atoms with van der Waals surface area (Å²) in [6.45, 7) is 8.58. The van der Waals surface area contributed by atoms with E-state index in [0.29, 0.717) is 0 Å². The van der Waals surface area contributed by atoms with E-state index in [1.165, 1.54) is 5.56 Å². The molecule has 0 aliphatic carbocycles. The van der Waals surface area contributed by atoms with Crippen LogP contribution in [0.3, 0.4) is 0 Å². The summed E-state index contributed by atoms with van der Waals surface area (Å²) in [5, 5.41) is 0. The first-order valence-electron chi connectivity index (χ1n) is 5.72. The average molecular weight is 245 g/mol. The third kappa shape index (κ3) is 2.85. The molecule has 0 spiro atoms. The van der Waals surface area contributed by atoms with Crippen molar-refractivity contribution in [3.05, 3.63) is 47.2 Å². The molecule has 2 rings (SSSR count). The van der Waals surface area contributed by atoms with E-state index in [2.05, 4.69) is 45.0 Å². The standard InChI is InChI=1S/C14H17O2Si/c1-10-9-13(16-17-15-10)11-5-7-12(8-6-11)14(2,3)4/h5-9H,1-4H3. The molecule has 0 aromatic heterocycles. The zero-order chi connectivity index (χ0) is 12.5. The molecule has 0 unspecified atom stereocenters. The molecule has 0 N–H and O–H groups in total. The summed E-state index contributed by atoms with van der Waals surface area (Å²) >= 11 is 0. The van der Waals surface area contributed by atoms with Crippen LogP contribution in [0.2, 0.25) is 0 Å². The van der Waals surface area contributed by atoms with Crippen molar-refractivity contribution < 1.29 is 8.54 Å². The van der Waals surface area contributed by atoms with E-state index in [0.717, 1.165) is 17.1 Å². The van der Waals surface area contributed by atoms with Gasteiger partial charge in [0.25, 0.3) is 5.78 Å². The Balaban J connectivity index is 2.28. The van der Waals surface area contributed by atoms with Crippen LogP contribution in [-0.2, 0) is 9.84 Å². The summed E-state index contributed by atoms with van der Waals surface area (Å²) in [4.78, 5) is 0. The van der Waals surface area contributed by atoms with Crippen LogP contribution in [0.5, 0.6) is 0 Å². The first-order valence-corrected chi connectivity index (χ1v) is 6.53. The molecule has 1 aromatic carbocycles. The van der Waals surface area contributed by atoms with E-state index >= 15 is 0 Å². The zero-order valence-electron chi connectivity index (χ0n) is 10.7. The van der Waals surface area contributed by atoms with Gasteiger partial charge in [0.1, 0.15) is 0 Å². The quantitative estimate of drug-likeness (QED) is 0.550. The molecular formula is C14H17O2Si. The normalized spacial score (nSPS) is 15.5. The maximum atomic E-state index is 5.51. The summed E-state index contributed by atoms with van der Waals surface area (Å²) in [5.74, 6) is 1.80. The first kappa shape index (κ1) is 12.1. The van der Waals surface area contributed by atoms with Crippen molar-refractivity contribution in [2.24, 2.45) is 0 Å². The maximum Gasteiger partial charge on any atom is 0.424 e. The van der Waals surface area contributed by atoms with Crippen LogP contribution in [0.1, 0.15) is 42.9 Å². The lowest BCUT2D eigenvalue weighted by Gasteiger charge is -2.19. The number of rotatable bonds is 1. The van der Waals surface area contributed by atoms with Gasteiger partial charge in [0, 0.05) is 0 Å². The molecular weight excluding hydrogens is 228 g/mol. The van der Waals surface area contributed by atoms with Crippen LogP contribution < -0.4 is 0 Å². The fourth-order valence-corrected chi connectivity index (χ4v) is 2.15. The van der Waals surface area contributed by atoms with Crippen LogP contribution >= 0.6 is 0 Å². The average Bonchev–Trinajstić information content (AvgIpc) is 2.28. The highest BCUT2D eigenvalue weighted by molar-refractivity contribution is 6.22. The Labute approximate surface area is 105 Å². The van der Waals surface area contributed by atoms with Gasteiger partial charge in [-0.2, -0.15) is 0 Å². The molecule has 0 atom stereocenters. The predicted octanol–water partition coefficient (Wildman–Crippen LogP) is 3.17. The van der Waals surface area contributed by atoms with Gasteiger partial charge in [0.05, 0.1) is 17.4 Å². The third-order valence-electron chi connectivity index (χ3n) is 2.72. The predicted molar refractivity (Wildman–Crippen MR) is 70.1 cm³/mol. The van der Waals surface area contributed by atoms with E-state index in [4.69, 9.17) is 8.54 Å². The van der Waals surface area contributed by atoms with Gasteiger partial charge in [-0.3, -0.25) is 0 Å². The van der Waals surface area contributed by atoms with Crippen LogP contribution in [-0.4, -0.2) is 15.8 Å². The Morgan fingerprint density at radius 1 is 1.12 bits per heavy atom. The second kappa shape index (κ2) is 4.49. The van der Waals surface area contributed by atoms with Crippen molar-refractivity contribution in [2.45, 2.75) is 33.1 Å². The second-order valence-electron chi connectivity index (χ2n) is 5.23. The molecule has 0 bridgehead atoms. The topological polar surface area (TPSA) is 20.5 Å².